The second-order valence-electron chi connectivity index (χ2n) is 12.3. The molecule has 0 atom stereocenters. The number of fused-ring (bicyclic) bond motifs is 1. The number of hydrazone groups is 1. The number of carbonyl (C=O) groups is 2. The number of aromatic hydroxyl groups is 1. The molecule has 2 N–H and O–H groups in total. The van der Waals surface area contributed by atoms with E-state index in [-0.39, 0.29) is 23.2 Å². The van der Waals surface area contributed by atoms with Crippen molar-refractivity contribution in [3.63, 3.8) is 0 Å². The molecule has 0 aromatic heterocycles. The van der Waals surface area contributed by atoms with Gasteiger partial charge >= 0.3 is 5.97 Å². The Kier molecular flexibility index (Phi) is 8.62. The molecular weight excluding hydrogens is 512 g/mol. The van der Waals surface area contributed by atoms with Gasteiger partial charge in [0.1, 0.15) is 11.5 Å². The second-order valence-corrected chi connectivity index (χ2v) is 12.3. The van der Waals surface area contributed by atoms with E-state index in [0.29, 0.717) is 29.0 Å². The Hall–Kier alpha value is -4.45. The number of esters is 1. The normalized spacial score (nSPS) is 12.0. The van der Waals surface area contributed by atoms with E-state index in [4.69, 9.17) is 4.74 Å². The zero-order chi connectivity index (χ0) is 29.8. The average Bonchev–Trinajstić information content (AvgIpc) is 2.91. The highest BCUT2D eigenvalue weighted by atomic mass is 16.5. The van der Waals surface area contributed by atoms with Crippen LogP contribution < -0.4 is 10.2 Å². The van der Waals surface area contributed by atoms with Crippen LogP contribution >= 0.6 is 0 Å². The van der Waals surface area contributed by atoms with Gasteiger partial charge in [0.05, 0.1) is 11.8 Å². The molecule has 0 unspecified atom stereocenters. The van der Waals surface area contributed by atoms with Crippen LogP contribution in [-0.2, 0) is 22.0 Å². The number of nitrogens with zero attached hydrogens (tertiary/aromatic N) is 1. The Labute approximate surface area is 242 Å². The van der Waals surface area contributed by atoms with Crippen molar-refractivity contribution < 1.29 is 19.4 Å². The number of carbonyl (C=O) groups excluding carboxylic acids is 2. The zero-order valence-electron chi connectivity index (χ0n) is 24.6. The number of hydrogen-bond acceptors (Lipinski definition) is 5. The second kappa shape index (κ2) is 12.0. The smallest absolute Gasteiger partial charge is 0.344 e. The summed E-state index contributed by atoms with van der Waals surface area (Å²) >= 11 is 0. The summed E-state index contributed by atoms with van der Waals surface area (Å²) in [6, 6.07) is 24.2. The fraction of sp³-hybridized carbons (Fsp3) is 0.286. The minimum atomic E-state index is -0.468. The number of benzene rings is 4. The number of para-hydroxylation sites is 1. The standard InChI is InChI=1S/C35H38N2O4/c1-34(2,3)28-20-23(21-29(32(28)39)35(4,5)6)18-19-31(38)37-36-22-25-13-8-10-17-30(25)41-33(40)27-16-11-14-24-12-7-9-15-26(24)27/h7-17,20-22,39H,18-19H2,1-6H3,(H,37,38)/b36-22-. The van der Waals surface area contributed by atoms with E-state index in [2.05, 4.69) is 52.1 Å². The Bertz CT molecular complexity index is 1570. The number of hydrogen-bond donors (Lipinski definition) is 2. The Morgan fingerprint density at radius 2 is 1.46 bits per heavy atom. The molecule has 4 aromatic rings. The fourth-order valence-electron chi connectivity index (χ4n) is 4.71. The number of ether oxygens (including phenoxy) is 1. The van der Waals surface area contributed by atoms with Gasteiger partial charge in [0, 0.05) is 12.0 Å². The van der Waals surface area contributed by atoms with Crippen LogP contribution in [0.25, 0.3) is 10.8 Å². The fourth-order valence-corrected chi connectivity index (χ4v) is 4.71. The third-order valence-corrected chi connectivity index (χ3v) is 6.95. The lowest BCUT2D eigenvalue weighted by molar-refractivity contribution is -0.121. The van der Waals surface area contributed by atoms with Crippen LogP contribution in [-0.4, -0.2) is 23.2 Å². The molecule has 0 spiro atoms. The van der Waals surface area contributed by atoms with Crippen LogP contribution in [0.4, 0.5) is 0 Å². The first-order valence-corrected chi connectivity index (χ1v) is 13.8. The summed E-state index contributed by atoms with van der Waals surface area (Å²) in [5, 5.41) is 16.8. The Morgan fingerprint density at radius 1 is 0.854 bits per heavy atom. The van der Waals surface area contributed by atoms with Crippen LogP contribution in [0.1, 0.15) is 80.6 Å². The first-order chi connectivity index (χ1) is 19.3. The number of phenolic OH excluding ortho intramolecular Hbond substituents is 1. The molecule has 0 heterocycles. The molecule has 0 saturated carbocycles. The van der Waals surface area contributed by atoms with Crippen molar-refractivity contribution in [2.45, 2.75) is 65.2 Å². The summed E-state index contributed by atoms with van der Waals surface area (Å²) in [6.45, 7) is 12.4. The van der Waals surface area contributed by atoms with Crippen LogP contribution in [0.5, 0.6) is 11.5 Å². The van der Waals surface area contributed by atoms with Crippen molar-refractivity contribution in [2.75, 3.05) is 0 Å². The summed E-state index contributed by atoms with van der Waals surface area (Å²) in [5.41, 5.74) is 5.86. The number of rotatable bonds is 7. The number of nitrogens with one attached hydrogen (secondary N) is 1. The SMILES string of the molecule is CC(C)(C)c1cc(CCC(=O)N/N=C\c2ccccc2OC(=O)c2cccc3ccccc23)cc(C(C)(C)C)c1O. The van der Waals surface area contributed by atoms with Gasteiger partial charge in [-0.15, -0.1) is 0 Å². The summed E-state index contributed by atoms with van der Waals surface area (Å²) in [4.78, 5) is 25.7. The highest BCUT2D eigenvalue weighted by Crippen LogP contribution is 2.40. The van der Waals surface area contributed by atoms with Gasteiger partial charge in [-0.3, -0.25) is 4.79 Å². The highest BCUT2D eigenvalue weighted by molar-refractivity contribution is 6.05. The molecule has 4 aromatic carbocycles. The Balaban J connectivity index is 1.43. The molecule has 4 rings (SSSR count). The molecule has 6 heteroatoms. The van der Waals surface area contributed by atoms with Crippen molar-refractivity contribution in [1.82, 2.24) is 5.43 Å². The molecule has 1 amide bonds. The molecule has 6 nitrogen and oxygen atoms in total. The van der Waals surface area contributed by atoms with Crippen LogP contribution in [0.3, 0.4) is 0 Å². The van der Waals surface area contributed by atoms with E-state index in [0.717, 1.165) is 27.5 Å². The lowest BCUT2D eigenvalue weighted by Crippen LogP contribution is -2.20. The van der Waals surface area contributed by atoms with Crippen molar-refractivity contribution in [2.24, 2.45) is 5.10 Å². The highest BCUT2D eigenvalue weighted by Gasteiger charge is 2.26. The van der Waals surface area contributed by atoms with Gasteiger partial charge in [-0.2, -0.15) is 5.10 Å². The van der Waals surface area contributed by atoms with E-state index in [1.54, 1.807) is 24.3 Å². The molecule has 0 saturated heterocycles. The van der Waals surface area contributed by atoms with Crippen LogP contribution in [0, 0.1) is 0 Å². The van der Waals surface area contributed by atoms with Gasteiger partial charge in [-0.25, -0.2) is 10.2 Å². The maximum atomic E-state index is 13.0. The van der Waals surface area contributed by atoms with Gasteiger partial charge in [0.25, 0.3) is 0 Å². The predicted molar refractivity (Wildman–Crippen MR) is 165 cm³/mol. The molecular formula is C35H38N2O4. The van der Waals surface area contributed by atoms with Crippen molar-refractivity contribution in [3.05, 3.63) is 107 Å². The van der Waals surface area contributed by atoms with Gasteiger partial charge in [-0.1, -0.05) is 102 Å². The van der Waals surface area contributed by atoms with Gasteiger partial charge < -0.3 is 9.84 Å². The zero-order valence-corrected chi connectivity index (χ0v) is 24.6. The van der Waals surface area contributed by atoms with E-state index < -0.39 is 5.97 Å². The van der Waals surface area contributed by atoms with Gasteiger partial charge in [0.2, 0.25) is 5.91 Å². The van der Waals surface area contributed by atoms with E-state index >= 15 is 0 Å². The molecule has 0 bridgehead atoms. The quantitative estimate of drug-likeness (QED) is 0.108. The van der Waals surface area contributed by atoms with Crippen molar-refractivity contribution in [1.29, 1.82) is 0 Å². The lowest BCUT2D eigenvalue weighted by atomic mass is 9.78. The van der Waals surface area contributed by atoms with Gasteiger partial charge in [0.15, 0.2) is 0 Å². The molecule has 0 aliphatic carbocycles. The average molecular weight is 551 g/mol. The maximum Gasteiger partial charge on any atom is 0.344 e. The largest absolute Gasteiger partial charge is 0.507 e. The number of aryl methyl sites for hydroxylation is 1. The monoisotopic (exact) mass is 550 g/mol. The van der Waals surface area contributed by atoms with E-state index in [1.165, 1.54) is 6.21 Å². The molecule has 0 aliphatic heterocycles. The van der Waals surface area contributed by atoms with Crippen LogP contribution in [0.15, 0.2) is 84.0 Å². The first-order valence-electron chi connectivity index (χ1n) is 13.8. The summed E-state index contributed by atoms with van der Waals surface area (Å²) in [5.74, 6) is -0.0430. The lowest BCUT2D eigenvalue weighted by Gasteiger charge is -2.28. The summed E-state index contributed by atoms with van der Waals surface area (Å²) < 4.78 is 5.73. The molecule has 41 heavy (non-hydrogen) atoms. The minimum absolute atomic E-state index is 0.229. The maximum absolute atomic E-state index is 13.0. The third kappa shape index (κ3) is 7.20. The molecule has 212 valence electrons. The summed E-state index contributed by atoms with van der Waals surface area (Å²) in [6.07, 6.45) is 2.21. The van der Waals surface area contributed by atoms with Crippen molar-refractivity contribution in [3.8, 4) is 11.5 Å². The van der Waals surface area contributed by atoms with Gasteiger partial charge in [-0.05, 0) is 62.9 Å². The van der Waals surface area contributed by atoms with Crippen LogP contribution in [0.2, 0.25) is 0 Å². The third-order valence-electron chi connectivity index (χ3n) is 6.95. The summed E-state index contributed by atoms with van der Waals surface area (Å²) in [7, 11) is 0. The van der Waals surface area contributed by atoms with E-state index in [1.807, 2.05) is 54.6 Å². The first kappa shape index (κ1) is 29.5. The topological polar surface area (TPSA) is 88.0 Å². The molecule has 0 aliphatic rings. The number of phenols is 1. The van der Waals surface area contributed by atoms with E-state index in [9.17, 15) is 14.7 Å². The Morgan fingerprint density at radius 3 is 2.15 bits per heavy atom. The molecule has 0 radical (unpaired) electrons. The minimum Gasteiger partial charge on any atom is -0.507 e. The molecule has 0 fully saturated rings. The number of amides is 1. The predicted octanol–water partition coefficient (Wildman–Crippen LogP) is 7.44. The van der Waals surface area contributed by atoms with Crippen molar-refractivity contribution >= 4 is 28.9 Å².